The third kappa shape index (κ3) is 15.6. The number of carbonyl (C=O) groups excluding carboxylic acids is 5. The molecule has 2 rings (SSSR count). The van der Waals surface area contributed by atoms with Gasteiger partial charge in [-0.05, 0) is 54.9 Å². The highest BCUT2D eigenvalue weighted by atomic mass is 32.3. The van der Waals surface area contributed by atoms with Gasteiger partial charge in [0.2, 0.25) is 0 Å². The highest BCUT2D eigenvalue weighted by Gasteiger charge is 2.57. The number of carbonyl (C=O) groups is 5. The molecule has 0 aromatic rings. The molecule has 24 heteroatoms. The number of ketones is 1. The molecule has 2 heterocycles. The lowest BCUT2D eigenvalue weighted by Gasteiger charge is -2.32. The molecule has 2 aliphatic heterocycles. The topological polar surface area (TPSA) is 206 Å². The number of halogens is 6. The van der Waals surface area contributed by atoms with Crippen LogP contribution in [0.5, 0.6) is 0 Å². The average molecular weight is 795 g/mol. The Balaban J connectivity index is 0.000000740. The molecule has 1 unspecified atom stereocenters. The predicted octanol–water partition coefficient (Wildman–Crippen LogP) is 3.80. The summed E-state index contributed by atoms with van der Waals surface area (Å²) in [5, 5.41) is 0. The van der Waals surface area contributed by atoms with Gasteiger partial charge in [-0.3, -0.25) is 9.59 Å². The number of methoxy groups -OCH3 is 2. The first-order valence-corrected chi connectivity index (χ1v) is 17.2. The van der Waals surface area contributed by atoms with Gasteiger partial charge in [-0.25, -0.2) is 14.4 Å². The van der Waals surface area contributed by atoms with Crippen LogP contribution >= 0.6 is 0 Å². The van der Waals surface area contributed by atoms with Gasteiger partial charge >= 0.3 is 55.4 Å². The van der Waals surface area contributed by atoms with Gasteiger partial charge in [-0.2, -0.15) is 43.2 Å². The zero-order chi connectivity index (χ0) is 40.6. The second-order valence-electron chi connectivity index (χ2n) is 12.5. The number of alkyl halides is 6. The minimum absolute atomic E-state index is 0.0282. The van der Waals surface area contributed by atoms with Crippen molar-refractivity contribution in [2.45, 2.75) is 83.5 Å². The molecule has 296 valence electrons. The lowest BCUT2D eigenvalue weighted by Crippen LogP contribution is -2.48. The van der Waals surface area contributed by atoms with Crippen LogP contribution < -0.4 is 0 Å². The standard InChI is InChI=1S/C13H21NO4.C12H19NO5.C2F6O5S2/c1-9-6-7-14(8-10(9)11(15)17-5)12(16)18-13(2,3)4;1-12(2,3)18-11(16)13-6-5-9(14)8(7-13)10(15)17-4;3-1(4,5)14(9,10)13-15(11,12)2(6,7)8/h6-8H2,1-5H3;8H,5-7H2,1-4H3;. The Labute approximate surface area is 290 Å². The first kappa shape index (κ1) is 47.3. The maximum Gasteiger partial charge on any atom is 0.524 e. The van der Waals surface area contributed by atoms with E-state index in [-0.39, 0.29) is 37.8 Å². The number of Topliss-reactive ketones (excluding diaryl/α,β-unsaturated/α-hetero) is 1. The largest absolute Gasteiger partial charge is 0.524 e. The lowest BCUT2D eigenvalue weighted by molar-refractivity contribution is -0.151. The van der Waals surface area contributed by atoms with E-state index in [0.29, 0.717) is 18.5 Å². The van der Waals surface area contributed by atoms with E-state index in [1.165, 1.54) is 24.0 Å². The molecule has 0 radical (unpaired) electrons. The maximum absolute atomic E-state index is 11.9. The van der Waals surface area contributed by atoms with Crippen molar-refractivity contribution in [1.29, 1.82) is 0 Å². The third-order valence-corrected chi connectivity index (χ3v) is 8.57. The van der Waals surface area contributed by atoms with Crippen LogP contribution in [0.4, 0.5) is 35.9 Å². The van der Waals surface area contributed by atoms with Crippen LogP contribution in [-0.4, -0.2) is 119 Å². The molecule has 0 aromatic heterocycles. The van der Waals surface area contributed by atoms with Gasteiger partial charge in [0.1, 0.15) is 17.1 Å². The molecule has 51 heavy (non-hydrogen) atoms. The Morgan fingerprint density at radius 1 is 0.706 bits per heavy atom. The summed E-state index contributed by atoms with van der Waals surface area (Å²) in [5.74, 6) is -2.06. The summed E-state index contributed by atoms with van der Waals surface area (Å²) >= 11 is 0. The van der Waals surface area contributed by atoms with Crippen molar-refractivity contribution in [2.75, 3.05) is 40.4 Å². The van der Waals surface area contributed by atoms with E-state index in [9.17, 15) is 67.2 Å². The second-order valence-corrected chi connectivity index (χ2v) is 15.8. The molecule has 0 bridgehead atoms. The number of piperidine rings is 1. The van der Waals surface area contributed by atoms with Crippen LogP contribution in [0.2, 0.25) is 0 Å². The second kappa shape index (κ2) is 17.7. The summed E-state index contributed by atoms with van der Waals surface area (Å²) in [7, 11) is -11.1. The molecule has 0 aliphatic carbocycles. The Morgan fingerprint density at radius 3 is 1.49 bits per heavy atom. The highest BCUT2D eigenvalue weighted by Crippen LogP contribution is 2.32. The Morgan fingerprint density at radius 2 is 1.12 bits per heavy atom. The predicted molar refractivity (Wildman–Crippen MR) is 161 cm³/mol. The molecule has 1 atom stereocenters. The molecule has 2 aliphatic rings. The molecule has 0 aromatic carbocycles. The summed E-state index contributed by atoms with van der Waals surface area (Å²) in [6.07, 6.45) is -0.0804. The van der Waals surface area contributed by atoms with Crippen molar-refractivity contribution < 1.29 is 89.7 Å². The Kier molecular flexibility index (Phi) is 16.4. The number of nitrogens with zero attached hydrogens (tertiary/aromatic N) is 2. The van der Waals surface area contributed by atoms with Gasteiger partial charge in [-0.15, -0.1) is 3.63 Å². The Bertz CT molecular complexity index is 1490. The number of ether oxygens (including phenoxy) is 4. The van der Waals surface area contributed by atoms with Crippen LogP contribution in [0, 0.1) is 5.92 Å². The van der Waals surface area contributed by atoms with Crippen LogP contribution in [0.3, 0.4) is 0 Å². The van der Waals surface area contributed by atoms with Crippen LogP contribution in [0.1, 0.15) is 61.3 Å². The fraction of sp³-hybridized carbons (Fsp3) is 0.741. The van der Waals surface area contributed by atoms with Gasteiger partial charge in [0, 0.05) is 26.1 Å². The van der Waals surface area contributed by atoms with Crippen molar-refractivity contribution in [2.24, 2.45) is 5.92 Å². The molecule has 0 spiro atoms. The minimum atomic E-state index is -6.85. The first-order valence-electron chi connectivity index (χ1n) is 14.4. The zero-order valence-electron chi connectivity index (χ0n) is 29.0. The lowest BCUT2D eigenvalue weighted by atomic mass is 9.97. The number of amides is 2. The molecule has 0 N–H and O–H groups in total. The van der Waals surface area contributed by atoms with E-state index in [4.69, 9.17) is 14.2 Å². The van der Waals surface area contributed by atoms with Gasteiger partial charge in [-0.1, -0.05) is 5.57 Å². The molecular weight excluding hydrogens is 754 g/mol. The van der Waals surface area contributed by atoms with Crippen molar-refractivity contribution in [3.63, 3.8) is 0 Å². The van der Waals surface area contributed by atoms with Crippen molar-refractivity contribution >= 4 is 50.1 Å². The zero-order valence-corrected chi connectivity index (χ0v) is 30.6. The summed E-state index contributed by atoms with van der Waals surface area (Å²) in [5.41, 5.74) is -12.1. The summed E-state index contributed by atoms with van der Waals surface area (Å²) in [4.78, 5) is 61.2. The fourth-order valence-electron chi connectivity index (χ4n) is 3.57. The minimum Gasteiger partial charge on any atom is -0.468 e. The Hall–Kier alpha value is -3.67. The molecule has 2 amide bonds. The van der Waals surface area contributed by atoms with Gasteiger partial charge < -0.3 is 28.7 Å². The summed E-state index contributed by atoms with van der Waals surface area (Å²) in [6, 6.07) is 0. The fourth-order valence-corrected chi connectivity index (χ4v) is 5.13. The summed E-state index contributed by atoms with van der Waals surface area (Å²) < 4.78 is 130. The van der Waals surface area contributed by atoms with Crippen molar-refractivity contribution in [1.82, 2.24) is 9.80 Å². The highest BCUT2D eigenvalue weighted by molar-refractivity contribution is 8.00. The SMILES string of the molecule is COC(=O)C1=C(C)CCN(C(=O)OC(C)(C)C)C1.COC(=O)C1CN(C(=O)OC(C)(C)C)CCC1=O.O=S(=O)(OS(=O)(=O)C(F)(F)F)C(F)(F)F. The number of esters is 2. The monoisotopic (exact) mass is 794 g/mol. The van der Waals surface area contributed by atoms with E-state index >= 15 is 0 Å². The van der Waals surface area contributed by atoms with Crippen molar-refractivity contribution in [3.05, 3.63) is 11.1 Å². The van der Waals surface area contributed by atoms with E-state index in [0.717, 1.165) is 5.57 Å². The smallest absolute Gasteiger partial charge is 0.468 e. The summed E-state index contributed by atoms with van der Waals surface area (Å²) in [6.45, 7) is 13.8. The number of rotatable bonds is 4. The molecule has 16 nitrogen and oxygen atoms in total. The number of hydrogen-bond donors (Lipinski definition) is 0. The van der Waals surface area contributed by atoms with Crippen LogP contribution in [0.25, 0.3) is 0 Å². The van der Waals surface area contributed by atoms with E-state index in [1.807, 2.05) is 31.3 Å². The number of hydrogen-bond acceptors (Lipinski definition) is 14. The first-order chi connectivity index (χ1) is 22.7. The molecule has 1 fully saturated rings. The quantitative estimate of drug-likeness (QED) is 0.131. The van der Waals surface area contributed by atoms with Gasteiger partial charge in [0.15, 0.2) is 5.78 Å². The van der Waals surface area contributed by atoms with Gasteiger partial charge in [0.25, 0.3) is 0 Å². The molecule has 0 saturated carbocycles. The van der Waals surface area contributed by atoms with Crippen molar-refractivity contribution in [3.8, 4) is 0 Å². The third-order valence-electron chi connectivity index (χ3n) is 6.01. The van der Waals surface area contributed by atoms with E-state index < -0.39 is 66.5 Å². The van der Waals surface area contributed by atoms with E-state index in [2.05, 4.69) is 4.74 Å². The van der Waals surface area contributed by atoms with E-state index in [1.54, 1.807) is 20.8 Å². The number of likely N-dealkylation sites (tertiary alicyclic amines) is 1. The maximum atomic E-state index is 11.9. The normalized spacial score (nSPS) is 17.6. The van der Waals surface area contributed by atoms with Crippen LogP contribution in [-0.2, 0) is 57.2 Å². The molecular formula is C27H40F6N2O14S2. The average Bonchev–Trinajstić information content (AvgIpc) is 2.94. The van der Waals surface area contributed by atoms with Crippen LogP contribution in [0.15, 0.2) is 11.1 Å². The van der Waals surface area contributed by atoms with Gasteiger partial charge in [0.05, 0.1) is 26.3 Å². The molecule has 1 saturated heterocycles.